The Morgan fingerprint density at radius 1 is 1.28 bits per heavy atom. The average molecular weight is 244 g/mol. The van der Waals surface area contributed by atoms with Crippen LogP contribution in [-0.2, 0) is 0 Å². The molecule has 1 atom stereocenters. The van der Waals surface area contributed by atoms with E-state index in [0.29, 0.717) is 23.1 Å². The summed E-state index contributed by atoms with van der Waals surface area (Å²) < 4.78 is 0. The van der Waals surface area contributed by atoms with E-state index in [9.17, 15) is 14.7 Å². The zero-order chi connectivity index (χ0) is 13.5. The van der Waals surface area contributed by atoms with Gasteiger partial charge in [-0.05, 0) is 6.42 Å². The standard InChI is InChI=1S/C15H16O3/c1-4-9(2)10(3)15(18)13(16)11-7-5-6-8-12(11)14(15)17/h5-8,10,18H,2,4H2,1,3H3. The van der Waals surface area contributed by atoms with Crippen molar-refractivity contribution in [3.05, 3.63) is 47.5 Å². The number of Topliss-reactive ketones (excluding diaryl/α,β-unsaturated/α-hetero) is 2. The highest BCUT2D eigenvalue weighted by atomic mass is 16.3. The van der Waals surface area contributed by atoms with Crippen molar-refractivity contribution in [3.8, 4) is 0 Å². The van der Waals surface area contributed by atoms with Crippen molar-refractivity contribution in [1.82, 2.24) is 0 Å². The van der Waals surface area contributed by atoms with E-state index in [4.69, 9.17) is 0 Å². The number of hydrogen-bond acceptors (Lipinski definition) is 3. The lowest BCUT2D eigenvalue weighted by Crippen LogP contribution is -2.47. The number of hydrogen-bond donors (Lipinski definition) is 1. The van der Waals surface area contributed by atoms with Gasteiger partial charge in [0.1, 0.15) is 0 Å². The first-order valence-electron chi connectivity index (χ1n) is 6.03. The van der Waals surface area contributed by atoms with Crippen molar-refractivity contribution in [2.24, 2.45) is 5.92 Å². The monoisotopic (exact) mass is 244 g/mol. The molecule has 0 saturated heterocycles. The first-order valence-corrected chi connectivity index (χ1v) is 6.03. The van der Waals surface area contributed by atoms with E-state index >= 15 is 0 Å². The van der Waals surface area contributed by atoms with E-state index in [-0.39, 0.29) is 0 Å². The summed E-state index contributed by atoms with van der Waals surface area (Å²) in [5.74, 6) is -1.59. The summed E-state index contributed by atoms with van der Waals surface area (Å²) in [6, 6.07) is 6.54. The van der Waals surface area contributed by atoms with Crippen molar-refractivity contribution in [3.63, 3.8) is 0 Å². The van der Waals surface area contributed by atoms with E-state index in [1.807, 2.05) is 6.92 Å². The number of carbonyl (C=O) groups excluding carboxylic acids is 2. The molecule has 1 aliphatic rings. The largest absolute Gasteiger partial charge is 0.374 e. The highest BCUT2D eigenvalue weighted by Gasteiger charge is 2.55. The van der Waals surface area contributed by atoms with Crippen LogP contribution in [0.25, 0.3) is 0 Å². The zero-order valence-electron chi connectivity index (χ0n) is 10.6. The summed E-state index contributed by atoms with van der Waals surface area (Å²) >= 11 is 0. The number of ketones is 2. The molecule has 0 amide bonds. The van der Waals surface area contributed by atoms with Crippen LogP contribution in [0.1, 0.15) is 41.0 Å². The van der Waals surface area contributed by atoms with Crippen LogP contribution >= 0.6 is 0 Å². The Balaban J connectivity index is 2.53. The minimum atomic E-state index is -1.98. The molecule has 0 heterocycles. The predicted molar refractivity (Wildman–Crippen MR) is 68.6 cm³/mol. The molecule has 0 radical (unpaired) electrons. The molecule has 0 fully saturated rings. The van der Waals surface area contributed by atoms with Crippen molar-refractivity contribution in [1.29, 1.82) is 0 Å². The van der Waals surface area contributed by atoms with Gasteiger partial charge in [0.05, 0.1) is 0 Å². The van der Waals surface area contributed by atoms with Crippen LogP contribution in [0.4, 0.5) is 0 Å². The summed E-state index contributed by atoms with van der Waals surface area (Å²) in [5.41, 5.74) is -0.662. The molecule has 0 saturated carbocycles. The number of rotatable bonds is 3. The smallest absolute Gasteiger partial charge is 0.203 e. The summed E-state index contributed by atoms with van der Waals surface area (Å²) in [4.78, 5) is 24.6. The van der Waals surface area contributed by atoms with Gasteiger partial charge in [-0.2, -0.15) is 0 Å². The van der Waals surface area contributed by atoms with E-state index in [1.165, 1.54) is 0 Å². The zero-order valence-corrected chi connectivity index (χ0v) is 10.6. The lowest BCUT2D eigenvalue weighted by Gasteiger charge is -2.27. The third-order valence-electron chi connectivity index (χ3n) is 3.80. The van der Waals surface area contributed by atoms with Gasteiger partial charge in [-0.3, -0.25) is 9.59 Å². The van der Waals surface area contributed by atoms with E-state index < -0.39 is 23.1 Å². The van der Waals surface area contributed by atoms with Gasteiger partial charge < -0.3 is 5.11 Å². The maximum absolute atomic E-state index is 12.3. The Labute approximate surface area is 106 Å². The molecule has 1 aromatic carbocycles. The first-order chi connectivity index (χ1) is 8.44. The van der Waals surface area contributed by atoms with Gasteiger partial charge in [-0.25, -0.2) is 0 Å². The molecule has 1 aliphatic carbocycles. The SMILES string of the molecule is C=C(CC)C(C)C1(O)C(=O)c2ccccc2C1=O. The molecule has 2 rings (SSSR count). The van der Waals surface area contributed by atoms with Crippen LogP contribution in [0.15, 0.2) is 36.4 Å². The second kappa shape index (κ2) is 4.18. The minimum Gasteiger partial charge on any atom is -0.374 e. The molecule has 0 spiro atoms. The lowest BCUT2D eigenvalue weighted by atomic mass is 9.79. The van der Waals surface area contributed by atoms with Gasteiger partial charge in [0.15, 0.2) is 5.60 Å². The summed E-state index contributed by atoms with van der Waals surface area (Å²) in [6.45, 7) is 7.39. The fourth-order valence-electron chi connectivity index (χ4n) is 2.39. The summed E-state index contributed by atoms with van der Waals surface area (Å²) in [5, 5.41) is 10.6. The van der Waals surface area contributed by atoms with Crippen molar-refractivity contribution in [2.45, 2.75) is 25.9 Å². The number of benzene rings is 1. The molecular weight excluding hydrogens is 228 g/mol. The Morgan fingerprint density at radius 3 is 2.11 bits per heavy atom. The lowest BCUT2D eigenvalue weighted by molar-refractivity contribution is 0.0182. The predicted octanol–water partition coefficient (Wildman–Crippen LogP) is 2.40. The van der Waals surface area contributed by atoms with Crippen LogP contribution in [0.5, 0.6) is 0 Å². The maximum atomic E-state index is 12.3. The number of fused-ring (bicyclic) bond motifs is 1. The van der Waals surface area contributed by atoms with Crippen molar-refractivity contribution in [2.75, 3.05) is 0 Å². The molecule has 3 heteroatoms. The van der Waals surface area contributed by atoms with E-state index in [1.54, 1.807) is 31.2 Å². The second-order valence-electron chi connectivity index (χ2n) is 4.70. The number of carbonyl (C=O) groups is 2. The van der Waals surface area contributed by atoms with Crippen LogP contribution in [0, 0.1) is 5.92 Å². The fourth-order valence-corrected chi connectivity index (χ4v) is 2.39. The first kappa shape index (κ1) is 12.7. The molecule has 0 bridgehead atoms. The average Bonchev–Trinajstić information content (AvgIpc) is 2.60. The summed E-state index contributed by atoms with van der Waals surface area (Å²) in [7, 11) is 0. The van der Waals surface area contributed by atoms with Gasteiger partial charge in [0.25, 0.3) is 0 Å². The Kier molecular flexibility index (Phi) is 2.95. The van der Waals surface area contributed by atoms with Gasteiger partial charge >= 0.3 is 0 Å². The van der Waals surface area contributed by atoms with Crippen LogP contribution in [-0.4, -0.2) is 22.3 Å². The van der Waals surface area contributed by atoms with Gasteiger partial charge in [0, 0.05) is 17.0 Å². The molecule has 1 N–H and O–H groups in total. The van der Waals surface area contributed by atoms with Gasteiger partial charge in [0.2, 0.25) is 11.6 Å². The summed E-state index contributed by atoms with van der Waals surface area (Å²) in [6.07, 6.45) is 0.625. The highest BCUT2D eigenvalue weighted by Crippen LogP contribution is 2.38. The van der Waals surface area contributed by atoms with E-state index in [0.717, 1.165) is 0 Å². The molecule has 18 heavy (non-hydrogen) atoms. The quantitative estimate of drug-likeness (QED) is 0.656. The normalized spacial score (nSPS) is 18.6. The van der Waals surface area contributed by atoms with Gasteiger partial charge in [-0.15, -0.1) is 0 Å². The minimum absolute atomic E-state index is 0.306. The Bertz CT molecular complexity index is 507. The molecule has 0 aromatic heterocycles. The molecule has 1 unspecified atom stereocenters. The molecule has 94 valence electrons. The molecular formula is C15H16O3. The Morgan fingerprint density at radius 2 is 1.72 bits per heavy atom. The second-order valence-corrected chi connectivity index (χ2v) is 4.70. The third kappa shape index (κ3) is 1.47. The van der Waals surface area contributed by atoms with Gasteiger partial charge in [-0.1, -0.05) is 50.3 Å². The fraction of sp³-hybridized carbons (Fsp3) is 0.333. The van der Waals surface area contributed by atoms with Crippen LogP contribution in [0.2, 0.25) is 0 Å². The highest BCUT2D eigenvalue weighted by molar-refractivity contribution is 6.32. The van der Waals surface area contributed by atoms with Crippen LogP contribution < -0.4 is 0 Å². The van der Waals surface area contributed by atoms with E-state index in [2.05, 4.69) is 6.58 Å². The maximum Gasteiger partial charge on any atom is 0.203 e. The number of aliphatic hydroxyl groups is 1. The van der Waals surface area contributed by atoms with Crippen molar-refractivity contribution >= 4 is 11.6 Å². The molecule has 0 aliphatic heterocycles. The molecule has 1 aromatic rings. The van der Waals surface area contributed by atoms with Crippen LogP contribution in [0.3, 0.4) is 0 Å². The molecule has 3 nitrogen and oxygen atoms in total. The third-order valence-corrected chi connectivity index (χ3v) is 3.80. The van der Waals surface area contributed by atoms with Crippen molar-refractivity contribution < 1.29 is 14.7 Å². The Hall–Kier alpha value is -1.74. The topological polar surface area (TPSA) is 54.4 Å².